The van der Waals surface area contributed by atoms with Crippen molar-refractivity contribution in [2.24, 2.45) is 0 Å². The van der Waals surface area contributed by atoms with Crippen LogP contribution >= 0.6 is 0 Å². The number of carbonyl (C=O) groups excluding carboxylic acids is 1. The van der Waals surface area contributed by atoms with Gasteiger partial charge in [-0.25, -0.2) is 0 Å². The second kappa shape index (κ2) is 20.9. The first-order valence-corrected chi connectivity index (χ1v) is 12.1. The van der Waals surface area contributed by atoms with Gasteiger partial charge in [-0.05, 0) is 53.1 Å². The summed E-state index contributed by atoms with van der Waals surface area (Å²) in [5.41, 5.74) is 0. The van der Waals surface area contributed by atoms with Crippen molar-refractivity contribution in [2.45, 2.75) is 123 Å². The van der Waals surface area contributed by atoms with E-state index in [4.69, 9.17) is 0 Å². The highest BCUT2D eigenvalue weighted by Gasteiger charge is 2.07. The average molecular weight is 395 g/mol. The maximum atomic E-state index is 11.8. The van der Waals surface area contributed by atoms with Crippen LogP contribution < -0.4 is 5.32 Å². The van der Waals surface area contributed by atoms with Crippen LogP contribution in [0.15, 0.2) is 12.2 Å². The van der Waals surface area contributed by atoms with Crippen molar-refractivity contribution in [3.05, 3.63) is 12.2 Å². The fraction of sp³-hybridized carbons (Fsp3) is 0.880. The number of allylic oxidation sites excluding steroid dienone is 2. The van der Waals surface area contributed by atoms with Crippen molar-refractivity contribution in [3.8, 4) is 0 Å². The summed E-state index contributed by atoms with van der Waals surface area (Å²) in [6.45, 7) is 5.23. The van der Waals surface area contributed by atoms with Crippen LogP contribution in [0.5, 0.6) is 0 Å². The molecule has 1 unspecified atom stereocenters. The van der Waals surface area contributed by atoms with Gasteiger partial charge in [0.05, 0.1) is 0 Å². The minimum atomic E-state index is 0.186. The Kier molecular flexibility index (Phi) is 20.3. The minimum Gasteiger partial charge on any atom is -0.354 e. The summed E-state index contributed by atoms with van der Waals surface area (Å²) >= 11 is 0. The van der Waals surface area contributed by atoms with Gasteiger partial charge in [-0.1, -0.05) is 83.3 Å². The van der Waals surface area contributed by atoms with Crippen LogP contribution in [0.4, 0.5) is 0 Å². The van der Waals surface area contributed by atoms with E-state index >= 15 is 0 Å². The predicted molar refractivity (Wildman–Crippen MR) is 125 cm³/mol. The topological polar surface area (TPSA) is 32.3 Å². The number of amides is 1. The Bertz CT molecular complexity index is 366. The van der Waals surface area contributed by atoms with E-state index in [9.17, 15) is 4.79 Å². The highest BCUT2D eigenvalue weighted by molar-refractivity contribution is 5.76. The Morgan fingerprint density at radius 1 is 0.821 bits per heavy atom. The van der Waals surface area contributed by atoms with E-state index in [1.807, 2.05) is 14.1 Å². The number of hydrogen-bond donors (Lipinski definition) is 1. The average Bonchev–Trinajstić information content (AvgIpc) is 2.66. The zero-order valence-electron chi connectivity index (χ0n) is 19.6. The fourth-order valence-electron chi connectivity index (χ4n) is 3.44. The predicted octanol–water partition coefficient (Wildman–Crippen LogP) is 6.87. The molecule has 0 spiro atoms. The summed E-state index contributed by atoms with van der Waals surface area (Å²) in [5, 5.41) is 3.11. The second-order valence-electron chi connectivity index (χ2n) is 8.75. The van der Waals surface area contributed by atoms with Crippen LogP contribution in [-0.2, 0) is 4.79 Å². The van der Waals surface area contributed by atoms with Crippen molar-refractivity contribution in [1.29, 1.82) is 0 Å². The molecule has 0 aromatic carbocycles. The van der Waals surface area contributed by atoms with Crippen LogP contribution in [-0.4, -0.2) is 37.5 Å². The highest BCUT2D eigenvalue weighted by atomic mass is 16.1. The number of nitrogens with zero attached hydrogens (tertiary/aromatic N) is 1. The molecule has 0 heterocycles. The normalized spacial score (nSPS) is 12.8. The maximum absolute atomic E-state index is 11.8. The highest BCUT2D eigenvalue weighted by Crippen LogP contribution is 2.11. The quantitative estimate of drug-likeness (QED) is 0.180. The fourth-order valence-corrected chi connectivity index (χ4v) is 3.44. The van der Waals surface area contributed by atoms with Crippen LogP contribution in [0, 0.1) is 0 Å². The van der Waals surface area contributed by atoms with Gasteiger partial charge in [-0.2, -0.15) is 0 Å². The zero-order chi connectivity index (χ0) is 20.9. The summed E-state index contributed by atoms with van der Waals surface area (Å²) in [6.07, 6.45) is 25.3. The molecule has 0 bridgehead atoms. The lowest BCUT2D eigenvalue weighted by atomic mass is 10.1. The van der Waals surface area contributed by atoms with E-state index in [2.05, 4.69) is 36.2 Å². The number of rotatable bonds is 20. The zero-order valence-corrected chi connectivity index (χ0v) is 19.6. The van der Waals surface area contributed by atoms with Gasteiger partial charge in [0.25, 0.3) is 0 Å². The van der Waals surface area contributed by atoms with Crippen LogP contribution in [0.2, 0.25) is 0 Å². The number of nitrogens with one attached hydrogen (secondary N) is 1. The molecule has 0 aromatic rings. The third kappa shape index (κ3) is 21.5. The Hall–Kier alpha value is -0.830. The smallest absolute Gasteiger partial charge is 0.221 e. The Morgan fingerprint density at radius 3 is 1.86 bits per heavy atom. The van der Waals surface area contributed by atoms with Crippen LogP contribution in [0.25, 0.3) is 0 Å². The lowest BCUT2D eigenvalue weighted by Crippen LogP contribution is -2.34. The van der Waals surface area contributed by atoms with Crippen LogP contribution in [0.1, 0.15) is 117 Å². The largest absolute Gasteiger partial charge is 0.354 e. The van der Waals surface area contributed by atoms with E-state index < -0.39 is 0 Å². The van der Waals surface area contributed by atoms with Gasteiger partial charge in [0.2, 0.25) is 5.91 Å². The molecule has 3 nitrogen and oxygen atoms in total. The molecule has 1 N–H and O–H groups in total. The summed E-state index contributed by atoms with van der Waals surface area (Å²) in [5.74, 6) is 0.186. The van der Waals surface area contributed by atoms with Crippen molar-refractivity contribution in [3.63, 3.8) is 0 Å². The third-order valence-electron chi connectivity index (χ3n) is 5.34. The first kappa shape index (κ1) is 27.2. The van der Waals surface area contributed by atoms with Gasteiger partial charge >= 0.3 is 0 Å². The van der Waals surface area contributed by atoms with Gasteiger partial charge in [-0.3, -0.25) is 4.79 Å². The molecule has 0 aliphatic heterocycles. The summed E-state index contributed by atoms with van der Waals surface area (Å²) < 4.78 is 0. The minimum absolute atomic E-state index is 0.186. The summed E-state index contributed by atoms with van der Waals surface area (Å²) in [7, 11) is 4.01. The van der Waals surface area contributed by atoms with Crippen molar-refractivity contribution in [1.82, 2.24) is 10.2 Å². The first-order valence-electron chi connectivity index (χ1n) is 12.1. The number of hydrogen-bond acceptors (Lipinski definition) is 2. The molecule has 0 aromatic heterocycles. The van der Waals surface area contributed by atoms with Gasteiger partial charge in [0.15, 0.2) is 0 Å². The number of carbonyl (C=O) groups is 1. The van der Waals surface area contributed by atoms with Crippen molar-refractivity contribution < 1.29 is 4.79 Å². The maximum Gasteiger partial charge on any atom is 0.221 e. The first-order chi connectivity index (χ1) is 13.6. The van der Waals surface area contributed by atoms with Crippen molar-refractivity contribution in [2.75, 3.05) is 20.6 Å². The molecule has 0 saturated heterocycles. The molecule has 1 atom stereocenters. The second-order valence-corrected chi connectivity index (χ2v) is 8.75. The molecular weight excluding hydrogens is 344 g/mol. The van der Waals surface area contributed by atoms with E-state index in [0.29, 0.717) is 12.5 Å². The number of unbranched alkanes of at least 4 members (excludes halogenated alkanes) is 12. The standard InChI is InChI=1S/C25H50N2O/c1-5-6-7-8-9-10-11-12-13-14-15-16-17-18-19-20-21-24(2)26-25(28)22-23-27(3)4/h12-13,24H,5-11,14-23H2,1-4H3,(H,26,28)/b13-12-. The SMILES string of the molecule is CCCCCCCC/C=C\CCCCCCCCC(C)NC(=O)CCN(C)C. The van der Waals surface area contributed by atoms with E-state index in [0.717, 1.165) is 13.0 Å². The lowest BCUT2D eigenvalue weighted by molar-refractivity contribution is -0.121. The molecule has 28 heavy (non-hydrogen) atoms. The molecule has 1 amide bonds. The van der Waals surface area contributed by atoms with Gasteiger partial charge in [-0.15, -0.1) is 0 Å². The Balaban J connectivity index is 3.30. The summed E-state index contributed by atoms with van der Waals surface area (Å²) in [6, 6.07) is 0.312. The molecule has 166 valence electrons. The van der Waals surface area contributed by atoms with Crippen LogP contribution in [0.3, 0.4) is 0 Å². The van der Waals surface area contributed by atoms with Gasteiger partial charge in [0.1, 0.15) is 0 Å². The van der Waals surface area contributed by atoms with E-state index in [1.54, 1.807) is 0 Å². The molecule has 0 radical (unpaired) electrons. The molecular formula is C25H50N2O. The molecule has 0 aliphatic carbocycles. The van der Waals surface area contributed by atoms with Gasteiger partial charge in [0, 0.05) is 19.0 Å². The molecule has 0 saturated carbocycles. The Labute approximate surface area is 176 Å². The third-order valence-corrected chi connectivity index (χ3v) is 5.34. The molecule has 0 aliphatic rings. The molecule has 3 heteroatoms. The molecule has 0 fully saturated rings. The Morgan fingerprint density at radius 2 is 1.32 bits per heavy atom. The van der Waals surface area contributed by atoms with Crippen molar-refractivity contribution >= 4 is 5.91 Å². The van der Waals surface area contributed by atoms with E-state index in [1.165, 1.54) is 89.9 Å². The summed E-state index contributed by atoms with van der Waals surface area (Å²) in [4.78, 5) is 13.8. The monoisotopic (exact) mass is 394 g/mol. The van der Waals surface area contributed by atoms with Gasteiger partial charge < -0.3 is 10.2 Å². The molecule has 0 rings (SSSR count). The van der Waals surface area contributed by atoms with E-state index in [-0.39, 0.29) is 5.91 Å². The lowest BCUT2D eigenvalue weighted by Gasteiger charge is -2.15.